The lowest BCUT2D eigenvalue weighted by molar-refractivity contribution is -0.672. The zero-order chi connectivity index (χ0) is 8.55. The molecule has 0 bridgehead atoms. The Morgan fingerprint density at radius 3 is 2.75 bits per heavy atom. The van der Waals surface area contributed by atoms with E-state index in [0.29, 0.717) is 5.82 Å². The van der Waals surface area contributed by atoms with Crippen LogP contribution in [0.15, 0.2) is 16.5 Å². The molecule has 0 amide bonds. The van der Waals surface area contributed by atoms with Crippen LogP contribution in [0.4, 0.5) is 0 Å². The highest BCUT2D eigenvalue weighted by atomic mass is 15.4. The third kappa shape index (κ3) is 0.928. The van der Waals surface area contributed by atoms with Gasteiger partial charge in [-0.2, -0.15) is 5.10 Å². The Balaban J connectivity index is 2.31. The molecule has 62 valence electrons. The standard InChI is InChI=1S/C6H8N6/c1-4-9-11-6(12(4)2)5-7-3-8-10-5/h3H,1-2H3,(H,7,8,10)/p+1. The summed E-state index contributed by atoms with van der Waals surface area (Å²) >= 11 is 0. The zero-order valence-electron chi connectivity index (χ0n) is 6.87. The van der Waals surface area contributed by atoms with Crippen LogP contribution in [0.1, 0.15) is 12.7 Å². The third-order valence-electron chi connectivity index (χ3n) is 1.84. The Bertz CT molecular complexity index is 335. The lowest BCUT2D eigenvalue weighted by atomic mass is 10.4. The zero-order valence-corrected chi connectivity index (χ0v) is 6.87. The van der Waals surface area contributed by atoms with Crippen LogP contribution >= 0.6 is 0 Å². The van der Waals surface area contributed by atoms with Crippen molar-refractivity contribution in [3.8, 4) is 0 Å². The minimum absolute atomic E-state index is 0.674. The molecule has 0 saturated carbocycles. The summed E-state index contributed by atoms with van der Waals surface area (Å²) in [6.45, 7) is 1.92. The molecule has 0 aromatic carbocycles. The molecule has 12 heavy (non-hydrogen) atoms. The van der Waals surface area contributed by atoms with Crippen molar-refractivity contribution in [3.05, 3.63) is 12.2 Å². The van der Waals surface area contributed by atoms with Crippen LogP contribution < -0.4 is 4.90 Å². The molecule has 1 aliphatic rings. The summed E-state index contributed by atoms with van der Waals surface area (Å²) in [5.74, 6) is 2.39. The number of H-pyrrole nitrogens is 1. The van der Waals surface area contributed by atoms with Crippen LogP contribution in [-0.4, -0.2) is 33.9 Å². The van der Waals surface area contributed by atoms with E-state index >= 15 is 0 Å². The van der Waals surface area contributed by atoms with Crippen LogP contribution in [-0.2, 0) is 0 Å². The smallest absolute Gasteiger partial charge is 0.253 e. The van der Waals surface area contributed by atoms with Gasteiger partial charge in [-0.25, -0.2) is 9.88 Å². The quantitative estimate of drug-likeness (QED) is 0.527. The van der Waals surface area contributed by atoms with Gasteiger partial charge >= 0.3 is 0 Å². The molecule has 2 heterocycles. The van der Waals surface area contributed by atoms with E-state index in [1.54, 1.807) is 0 Å². The first kappa shape index (κ1) is 7.11. The number of nitrogens with zero attached hydrogens (tertiary/aromatic N) is 4. The first-order valence-corrected chi connectivity index (χ1v) is 3.61. The fourth-order valence-corrected chi connectivity index (χ4v) is 0.991. The first-order chi connectivity index (χ1) is 5.79. The Hall–Kier alpha value is -1.56. The average molecular weight is 165 g/mol. The summed E-state index contributed by atoms with van der Waals surface area (Å²) in [6, 6.07) is 0. The van der Waals surface area contributed by atoms with E-state index in [2.05, 4.69) is 25.4 Å². The summed E-state index contributed by atoms with van der Waals surface area (Å²) in [6.07, 6.45) is 1.46. The van der Waals surface area contributed by atoms with Crippen LogP contribution in [0.2, 0.25) is 0 Å². The molecule has 1 aliphatic heterocycles. The summed E-state index contributed by atoms with van der Waals surface area (Å²) < 4.78 is 0. The van der Waals surface area contributed by atoms with Gasteiger partial charge in [0.25, 0.3) is 5.84 Å². The van der Waals surface area contributed by atoms with E-state index in [4.69, 9.17) is 0 Å². The van der Waals surface area contributed by atoms with Gasteiger partial charge in [0.05, 0.1) is 7.05 Å². The molecule has 0 fully saturated rings. The topological polar surface area (TPSA) is 70.7 Å². The van der Waals surface area contributed by atoms with Gasteiger partial charge in [0.1, 0.15) is 6.33 Å². The summed E-state index contributed by atoms with van der Waals surface area (Å²) in [7, 11) is 1.97. The number of quaternary nitrogens is 1. The minimum Gasteiger partial charge on any atom is -0.253 e. The molecular formula is C6H9N6+. The lowest BCUT2D eigenvalue weighted by Crippen LogP contribution is -3.13. The van der Waals surface area contributed by atoms with Gasteiger partial charge in [-0.3, -0.25) is 5.10 Å². The van der Waals surface area contributed by atoms with Gasteiger partial charge in [-0.05, 0) is 0 Å². The third-order valence-corrected chi connectivity index (χ3v) is 1.84. The SMILES string of the molecule is CC1=NN=C(c2ncn[nH]2)[NH+]1C. The largest absolute Gasteiger partial charge is 0.296 e. The Morgan fingerprint density at radius 1 is 1.42 bits per heavy atom. The normalized spacial score (nSPS) is 22.3. The summed E-state index contributed by atoms with van der Waals surface area (Å²) in [5, 5.41) is 14.4. The first-order valence-electron chi connectivity index (χ1n) is 3.61. The van der Waals surface area contributed by atoms with Gasteiger partial charge in [0.2, 0.25) is 11.7 Å². The predicted molar refractivity (Wildman–Crippen MR) is 42.9 cm³/mol. The van der Waals surface area contributed by atoms with Gasteiger partial charge in [-0.1, -0.05) is 10.2 Å². The highest BCUT2D eigenvalue weighted by molar-refractivity contribution is 5.97. The van der Waals surface area contributed by atoms with Crippen molar-refractivity contribution in [2.24, 2.45) is 10.2 Å². The summed E-state index contributed by atoms with van der Waals surface area (Å²) in [4.78, 5) is 5.04. The number of hydrogen-bond acceptors (Lipinski definition) is 4. The molecule has 6 nitrogen and oxygen atoms in total. The second-order valence-electron chi connectivity index (χ2n) is 2.59. The van der Waals surface area contributed by atoms with Gasteiger partial charge in [-0.15, -0.1) is 0 Å². The lowest BCUT2D eigenvalue weighted by Gasteiger charge is -2.03. The van der Waals surface area contributed by atoms with Crippen LogP contribution in [0.25, 0.3) is 0 Å². The van der Waals surface area contributed by atoms with E-state index in [-0.39, 0.29) is 0 Å². The Kier molecular flexibility index (Phi) is 1.47. The predicted octanol–water partition coefficient (Wildman–Crippen LogP) is -1.59. The minimum atomic E-state index is 0.674. The maximum absolute atomic E-state index is 3.99. The number of hydrogen-bond donors (Lipinski definition) is 2. The second-order valence-corrected chi connectivity index (χ2v) is 2.59. The Labute approximate surface area is 69.0 Å². The average Bonchev–Trinajstić information content (AvgIpc) is 2.64. The van der Waals surface area contributed by atoms with Crippen molar-refractivity contribution >= 4 is 11.7 Å². The molecule has 0 spiro atoms. The second kappa shape index (κ2) is 2.49. The van der Waals surface area contributed by atoms with E-state index in [1.807, 2.05) is 14.0 Å². The van der Waals surface area contributed by atoms with Gasteiger partial charge in [0, 0.05) is 6.92 Å². The van der Waals surface area contributed by atoms with Gasteiger partial charge in [0.15, 0.2) is 0 Å². The van der Waals surface area contributed by atoms with Crippen molar-refractivity contribution in [2.45, 2.75) is 6.92 Å². The summed E-state index contributed by atoms with van der Waals surface area (Å²) in [5.41, 5.74) is 0. The number of rotatable bonds is 1. The molecule has 1 atom stereocenters. The monoisotopic (exact) mass is 165 g/mol. The fourth-order valence-electron chi connectivity index (χ4n) is 0.991. The molecule has 2 N–H and O–H groups in total. The van der Waals surface area contributed by atoms with Crippen molar-refractivity contribution in [1.29, 1.82) is 0 Å². The molecule has 1 unspecified atom stereocenters. The van der Waals surface area contributed by atoms with E-state index in [1.165, 1.54) is 6.33 Å². The fraction of sp³-hybridized carbons (Fsp3) is 0.333. The number of nitrogens with one attached hydrogen (secondary N) is 2. The molecular weight excluding hydrogens is 156 g/mol. The Morgan fingerprint density at radius 2 is 2.25 bits per heavy atom. The number of amidine groups is 2. The molecule has 0 saturated heterocycles. The van der Waals surface area contributed by atoms with Crippen LogP contribution in [0.3, 0.4) is 0 Å². The maximum Gasteiger partial charge on any atom is 0.296 e. The van der Waals surface area contributed by atoms with Crippen LogP contribution in [0.5, 0.6) is 0 Å². The van der Waals surface area contributed by atoms with E-state index < -0.39 is 0 Å². The number of aromatic amines is 1. The van der Waals surface area contributed by atoms with Crippen molar-refractivity contribution in [3.63, 3.8) is 0 Å². The molecule has 1 aromatic rings. The van der Waals surface area contributed by atoms with Crippen molar-refractivity contribution in [2.75, 3.05) is 7.05 Å². The van der Waals surface area contributed by atoms with Crippen LogP contribution in [0, 0.1) is 0 Å². The molecule has 1 aromatic heterocycles. The van der Waals surface area contributed by atoms with Crippen molar-refractivity contribution < 1.29 is 4.90 Å². The van der Waals surface area contributed by atoms with Gasteiger partial charge < -0.3 is 0 Å². The molecule has 2 rings (SSSR count). The van der Waals surface area contributed by atoms with E-state index in [0.717, 1.165) is 16.6 Å². The highest BCUT2D eigenvalue weighted by Crippen LogP contribution is 1.90. The van der Waals surface area contributed by atoms with E-state index in [9.17, 15) is 0 Å². The number of aromatic nitrogens is 3. The highest BCUT2D eigenvalue weighted by Gasteiger charge is 2.25. The molecule has 0 radical (unpaired) electrons. The van der Waals surface area contributed by atoms with Crippen molar-refractivity contribution in [1.82, 2.24) is 15.2 Å². The molecule has 0 aliphatic carbocycles. The maximum atomic E-state index is 3.99. The molecule has 6 heteroatoms.